The van der Waals surface area contributed by atoms with Gasteiger partial charge in [0.1, 0.15) is 17.1 Å². The zero-order chi connectivity index (χ0) is 19.4. The van der Waals surface area contributed by atoms with Gasteiger partial charge in [0, 0.05) is 18.3 Å². The number of carbonyl (C=O) groups excluding carboxylic acids is 1. The number of hydrogen-bond acceptors (Lipinski definition) is 5. The van der Waals surface area contributed by atoms with Gasteiger partial charge in [-0.25, -0.2) is 9.37 Å². The van der Waals surface area contributed by atoms with E-state index < -0.39 is 17.3 Å². The molecule has 0 aliphatic heterocycles. The number of methoxy groups -OCH3 is 2. The summed E-state index contributed by atoms with van der Waals surface area (Å²) in [5.74, 6) is -0.514. The van der Waals surface area contributed by atoms with E-state index in [9.17, 15) is 14.0 Å². The average Bonchev–Trinajstić information content (AvgIpc) is 2.69. The Morgan fingerprint density at radius 3 is 2.63 bits per heavy atom. The van der Waals surface area contributed by atoms with E-state index in [0.717, 1.165) is 6.07 Å². The molecule has 1 amide bonds. The minimum absolute atomic E-state index is 0.0836. The maximum absolute atomic E-state index is 13.4. The first kappa shape index (κ1) is 18.1. The molecule has 0 aliphatic carbocycles. The molecule has 2 aromatic heterocycles. The van der Waals surface area contributed by atoms with Gasteiger partial charge in [-0.2, -0.15) is 0 Å². The zero-order valence-corrected chi connectivity index (χ0v) is 14.6. The molecule has 0 bridgehead atoms. The quantitative estimate of drug-likeness (QED) is 0.748. The van der Waals surface area contributed by atoms with Crippen LogP contribution in [0.3, 0.4) is 0 Å². The van der Waals surface area contributed by atoms with Crippen LogP contribution in [0.25, 0.3) is 5.69 Å². The number of halogens is 1. The largest absolute Gasteiger partial charge is 0.494 e. The number of benzene rings is 1. The zero-order valence-electron chi connectivity index (χ0n) is 14.6. The number of amides is 1. The van der Waals surface area contributed by atoms with E-state index in [1.54, 1.807) is 18.2 Å². The number of anilines is 1. The average molecular weight is 369 g/mol. The molecule has 0 fully saturated rings. The lowest BCUT2D eigenvalue weighted by Crippen LogP contribution is -2.28. The van der Waals surface area contributed by atoms with Crippen LogP contribution < -0.4 is 20.3 Å². The van der Waals surface area contributed by atoms with Crippen LogP contribution in [0.15, 0.2) is 59.7 Å². The fraction of sp³-hybridized carbons (Fsp3) is 0.105. The molecule has 0 saturated carbocycles. The van der Waals surface area contributed by atoms with Crippen LogP contribution in [0.4, 0.5) is 10.1 Å². The number of carbonyl (C=O) groups is 1. The van der Waals surface area contributed by atoms with E-state index in [4.69, 9.17) is 9.47 Å². The number of nitrogens with zero attached hydrogens (tertiary/aromatic N) is 2. The summed E-state index contributed by atoms with van der Waals surface area (Å²) in [7, 11) is 2.85. The number of aromatic nitrogens is 2. The standard InChI is InChI=1S/C19H16FN3O4/c1-26-16-10-12(20)5-7-15(16)23-9-3-4-14(19(23)25)18(24)22-13-6-8-17(27-2)21-11-13/h3-11H,1-2H3,(H,22,24). The van der Waals surface area contributed by atoms with Crippen molar-refractivity contribution in [2.45, 2.75) is 0 Å². The van der Waals surface area contributed by atoms with Gasteiger partial charge in [0.2, 0.25) is 5.88 Å². The van der Waals surface area contributed by atoms with Gasteiger partial charge in [-0.05, 0) is 30.3 Å². The predicted octanol–water partition coefficient (Wildman–Crippen LogP) is 2.64. The monoisotopic (exact) mass is 369 g/mol. The van der Waals surface area contributed by atoms with Crippen LogP contribution in [0.1, 0.15) is 10.4 Å². The van der Waals surface area contributed by atoms with Gasteiger partial charge in [0.05, 0.1) is 31.8 Å². The highest BCUT2D eigenvalue weighted by molar-refractivity contribution is 6.03. The summed E-state index contributed by atoms with van der Waals surface area (Å²) in [6, 6.07) is 9.92. The van der Waals surface area contributed by atoms with E-state index in [-0.39, 0.29) is 11.3 Å². The molecule has 1 N–H and O–H groups in total. The molecule has 3 aromatic rings. The number of rotatable bonds is 5. The number of pyridine rings is 2. The lowest BCUT2D eigenvalue weighted by Gasteiger charge is -2.12. The van der Waals surface area contributed by atoms with Crippen molar-refractivity contribution >= 4 is 11.6 Å². The van der Waals surface area contributed by atoms with Gasteiger partial charge in [0.25, 0.3) is 11.5 Å². The molecule has 0 saturated heterocycles. The molecule has 27 heavy (non-hydrogen) atoms. The molecule has 2 heterocycles. The SMILES string of the molecule is COc1ccc(NC(=O)c2cccn(-c3ccc(F)cc3OC)c2=O)cn1. The van der Waals surface area contributed by atoms with Crippen molar-refractivity contribution in [2.24, 2.45) is 0 Å². The Morgan fingerprint density at radius 1 is 1.15 bits per heavy atom. The van der Waals surface area contributed by atoms with Crippen LogP contribution in [0.5, 0.6) is 11.6 Å². The summed E-state index contributed by atoms with van der Waals surface area (Å²) in [6.07, 6.45) is 2.89. The lowest BCUT2D eigenvalue weighted by atomic mass is 10.2. The van der Waals surface area contributed by atoms with Crippen LogP contribution in [0.2, 0.25) is 0 Å². The molecular weight excluding hydrogens is 353 g/mol. The minimum atomic E-state index is -0.595. The van der Waals surface area contributed by atoms with Crippen molar-refractivity contribution in [3.8, 4) is 17.3 Å². The third kappa shape index (κ3) is 3.79. The van der Waals surface area contributed by atoms with Crippen LogP contribution >= 0.6 is 0 Å². The fourth-order valence-corrected chi connectivity index (χ4v) is 2.48. The van der Waals surface area contributed by atoms with Crippen molar-refractivity contribution in [1.82, 2.24) is 9.55 Å². The first-order valence-corrected chi connectivity index (χ1v) is 7.90. The summed E-state index contributed by atoms with van der Waals surface area (Å²) < 4.78 is 24.7. The second kappa shape index (κ2) is 7.69. The molecule has 0 atom stereocenters. The van der Waals surface area contributed by atoms with Crippen molar-refractivity contribution in [2.75, 3.05) is 19.5 Å². The summed E-state index contributed by atoms with van der Waals surface area (Å²) in [6.45, 7) is 0. The number of hydrogen-bond donors (Lipinski definition) is 1. The predicted molar refractivity (Wildman–Crippen MR) is 97.3 cm³/mol. The van der Waals surface area contributed by atoms with Crippen LogP contribution in [-0.4, -0.2) is 29.7 Å². The molecule has 0 unspecified atom stereocenters. The van der Waals surface area contributed by atoms with E-state index in [1.807, 2.05) is 0 Å². The second-order valence-corrected chi connectivity index (χ2v) is 5.46. The van der Waals surface area contributed by atoms with Gasteiger partial charge in [0.15, 0.2) is 0 Å². The summed E-state index contributed by atoms with van der Waals surface area (Å²) >= 11 is 0. The molecular formula is C19H16FN3O4. The third-order valence-corrected chi connectivity index (χ3v) is 3.80. The van der Waals surface area contributed by atoms with E-state index in [1.165, 1.54) is 49.4 Å². The van der Waals surface area contributed by atoms with Crippen LogP contribution in [-0.2, 0) is 0 Å². The van der Waals surface area contributed by atoms with Gasteiger partial charge in [-0.1, -0.05) is 0 Å². The highest BCUT2D eigenvalue weighted by atomic mass is 19.1. The van der Waals surface area contributed by atoms with Gasteiger partial charge in [-0.15, -0.1) is 0 Å². The molecule has 7 nitrogen and oxygen atoms in total. The van der Waals surface area contributed by atoms with Crippen molar-refractivity contribution < 1.29 is 18.7 Å². The van der Waals surface area contributed by atoms with Crippen LogP contribution in [0, 0.1) is 5.82 Å². The molecule has 8 heteroatoms. The summed E-state index contributed by atoms with van der Waals surface area (Å²) in [5, 5.41) is 2.61. The minimum Gasteiger partial charge on any atom is -0.494 e. The maximum atomic E-state index is 13.4. The first-order chi connectivity index (χ1) is 13.0. The van der Waals surface area contributed by atoms with Gasteiger partial charge >= 0.3 is 0 Å². The smallest absolute Gasteiger partial charge is 0.268 e. The highest BCUT2D eigenvalue weighted by Crippen LogP contribution is 2.22. The Labute approximate surface area is 154 Å². The van der Waals surface area contributed by atoms with Crippen molar-refractivity contribution in [3.05, 3.63) is 76.6 Å². The first-order valence-electron chi connectivity index (χ1n) is 7.90. The summed E-state index contributed by atoms with van der Waals surface area (Å²) in [5.41, 5.74) is 0.0840. The third-order valence-electron chi connectivity index (χ3n) is 3.80. The topological polar surface area (TPSA) is 82.5 Å². The Morgan fingerprint density at radius 2 is 1.96 bits per heavy atom. The highest BCUT2D eigenvalue weighted by Gasteiger charge is 2.15. The van der Waals surface area contributed by atoms with Gasteiger partial charge < -0.3 is 14.8 Å². The molecule has 0 aliphatic rings. The Hall–Kier alpha value is -3.68. The van der Waals surface area contributed by atoms with E-state index in [0.29, 0.717) is 17.3 Å². The van der Waals surface area contributed by atoms with Crippen molar-refractivity contribution in [1.29, 1.82) is 0 Å². The lowest BCUT2D eigenvalue weighted by molar-refractivity contribution is 0.102. The number of ether oxygens (including phenoxy) is 2. The molecule has 138 valence electrons. The fourth-order valence-electron chi connectivity index (χ4n) is 2.48. The molecule has 3 rings (SSSR count). The Bertz CT molecular complexity index is 1030. The molecule has 0 spiro atoms. The maximum Gasteiger partial charge on any atom is 0.268 e. The molecule has 0 radical (unpaired) electrons. The number of nitrogens with one attached hydrogen (secondary N) is 1. The second-order valence-electron chi connectivity index (χ2n) is 5.46. The summed E-state index contributed by atoms with van der Waals surface area (Å²) in [4.78, 5) is 29.3. The van der Waals surface area contributed by atoms with E-state index >= 15 is 0 Å². The Kier molecular flexibility index (Phi) is 5.16. The molecule has 1 aromatic carbocycles. The Balaban J connectivity index is 1.95. The van der Waals surface area contributed by atoms with Crippen molar-refractivity contribution in [3.63, 3.8) is 0 Å². The van der Waals surface area contributed by atoms with Gasteiger partial charge in [-0.3, -0.25) is 14.2 Å². The normalized spacial score (nSPS) is 10.3. The van der Waals surface area contributed by atoms with E-state index in [2.05, 4.69) is 10.3 Å².